The van der Waals surface area contributed by atoms with Gasteiger partial charge in [0.1, 0.15) is 0 Å². The number of hydrogen-bond donors (Lipinski definition) is 3. The second kappa shape index (κ2) is 11.4. The summed E-state index contributed by atoms with van der Waals surface area (Å²) in [6.07, 6.45) is 1.69. The van der Waals surface area contributed by atoms with Crippen molar-refractivity contribution in [1.82, 2.24) is 14.9 Å². The Bertz CT molecular complexity index is 1110. The molecule has 10 heteroatoms. The second-order valence-electron chi connectivity index (χ2n) is 7.45. The molecule has 1 heterocycles. The molecule has 174 valence electrons. The third-order valence-corrected chi connectivity index (χ3v) is 6.13. The number of aromatic nitrogens is 3. The molecule has 2 aromatic carbocycles. The highest BCUT2D eigenvalue weighted by Crippen LogP contribution is 2.19. The predicted molar refractivity (Wildman–Crippen MR) is 137 cm³/mol. The van der Waals surface area contributed by atoms with Crippen LogP contribution in [0.2, 0.25) is 0 Å². The Kier molecular flexibility index (Phi) is 8.31. The lowest BCUT2D eigenvalue weighted by molar-refractivity contribution is -0.113. The number of rotatable bonds is 10. The summed E-state index contributed by atoms with van der Waals surface area (Å²) in [5.41, 5.74) is 7.98. The Labute approximate surface area is 198 Å². The van der Waals surface area contributed by atoms with Crippen molar-refractivity contribution in [2.24, 2.45) is 5.10 Å². The van der Waals surface area contributed by atoms with Crippen LogP contribution in [-0.2, 0) is 4.79 Å². The quantitative estimate of drug-likeness (QED) is 0.181. The zero-order valence-corrected chi connectivity index (χ0v) is 20.2. The van der Waals surface area contributed by atoms with Gasteiger partial charge in [-0.25, -0.2) is 10.1 Å². The number of hydrogen-bond acceptors (Lipinski definition) is 8. The molecule has 0 aliphatic heterocycles. The van der Waals surface area contributed by atoms with E-state index >= 15 is 0 Å². The van der Waals surface area contributed by atoms with E-state index in [1.54, 1.807) is 6.21 Å². The van der Waals surface area contributed by atoms with E-state index in [1.165, 1.54) is 27.7 Å². The molecule has 0 bridgehead atoms. The van der Waals surface area contributed by atoms with Gasteiger partial charge in [0.25, 0.3) is 5.95 Å². The maximum absolute atomic E-state index is 12.3. The van der Waals surface area contributed by atoms with Crippen LogP contribution >= 0.6 is 11.8 Å². The molecule has 4 N–H and O–H groups in total. The number of carbonyl (C=O) groups excluding carboxylic acids is 1. The van der Waals surface area contributed by atoms with Gasteiger partial charge >= 0.3 is 0 Å². The predicted octanol–water partition coefficient (Wildman–Crippen LogP) is 3.63. The molecule has 1 amide bonds. The van der Waals surface area contributed by atoms with Gasteiger partial charge in [-0.2, -0.15) is 5.10 Å². The van der Waals surface area contributed by atoms with Gasteiger partial charge in [0.05, 0.1) is 12.0 Å². The number of aryl methyl sites for hydroxylation is 2. The fourth-order valence-corrected chi connectivity index (χ4v) is 3.78. The number of thioether (sulfide) groups is 1. The van der Waals surface area contributed by atoms with E-state index < -0.39 is 0 Å². The van der Waals surface area contributed by atoms with Gasteiger partial charge in [-0.05, 0) is 68.7 Å². The van der Waals surface area contributed by atoms with Gasteiger partial charge < -0.3 is 16.1 Å². The van der Waals surface area contributed by atoms with E-state index in [4.69, 9.17) is 5.84 Å². The molecular formula is C23H30N8OS. The van der Waals surface area contributed by atoms with E-state index in [0.29, 0.717) is 5.16 Å². The fraction of sp³-hybridized carbons (Fsp3) is 0.304. The van der Waals surface area contributed by atoms with Crippen LogP contribution in [-0.4, -0.2) is 45.8 Å². The molecule has 0 radical (unpaired) electrons. The Morgan fingerprint density at radius 1 is 1.12 bits per heavy atom. The zero-order valence-electron chi connectivity index (χ0n) is 19.4. The Hall–Kier alpha value is -3.53. The average Bonchev–Trinajstić information content (AvgIpc) is 3.16. The molecule has 0 atom stereocenters. The molecule has 1 aromatic heterocycles. The number of nitrogens with one attached hydrogen (secondary N) is 2. The van der Waals surface area contributed by atoms with Crippen LogP contribution in [0, 0.1) is 13.8 Å². The molecule has 3 aromatic rings. The number of nitrogen functional groups attached to an aromatic ring is 1. The Morgan fingerprint density at radius 2 is 1.85 bits per heavy atom. The van der Waals surface area contributed by atoms with E-state index in [-0.39, 0.29) is 17.6 Å². The first-order chi connectivity index (χ1) is 15.9. The summed E-state index contributed by atoms with van der Waals surface area (Å²) in [5.74, 6) is 6.33. The van der Waals surface area contributed by atoms with Crippen LogP contribution < -0.4 is 21.5 Å². The maximum Gasteiger partial charge on any atom is 0.264 e. The lowest BCUT2D eigenvalue weighted by Gasteiger charge is -2.20. The van der Waals surface area contributed by atoms with Crippen molar-refractivity contribution in [3.63, 3.8) is 0 Å². The number of hydrazone groups is 1. The first-order valence-electron chi connectivity index (χ1n) is 10.8. The van der Waals surface area contributed by atoms with Crippen molar-refractivity contribution in [2.45, 2.75) is 32.9 Å². The van der Waals surface area contributed by atoms with Crippen LogP contribution in [0.1, 0.15) is 30.5 Å². The van der Waals surface area contributed by atoms with E-state index in [0.717, 1.165) is 29.9 Å². The largest absolute Gasteiger partial charge is 0.372 e. The molecule has 9 nitrogen and oxygen atoms in total. The van der Waals surface area contributed by atoms with Gasteiger partial charge in [0, 0.05) is 24.5 Å². The van der Waals surface area contributed by atoms with E-state index in [9.17, 15) is 4.79 Å². The van der Waals surface area contributed by atoms with Gasteiger partial charge in [0.2, 0.25) is 11.1 Å². The summed E-state index contributed by atoms with van der Waals surface area (Å²) in [5, 5.41) is 15.5. The summed E-state index contributed by atoms with van der Waals surface area (Å²) >= 11 is 1.20. The minimum Gasteiger partial charge on any atom is -0.372 e. The zero-order chi connectivity index (χ0) is 23.8. The smallest absolute Gasteiger partial charge is 0.264 e. The Balaban J connectivity index is 1.51. The minimum absolute atomic E-state index is 0.146. The molecule has 0 unspecified atom stereocenters. The molecule has 0 spiro atoms. The monoisotopic (exact) mass is 466 g/mol. The third kappa shape index (κ3) is 6.48. The lowest BCUT2D eigenvalue weighted by atomic mass is 10.1. The van der Waals surface area contributed by atoms with Gasteiger partial charge in [-0.1, -0.05) is 30.0 Å². The normalized spacial score (nSPS) is 11.0. The number of amides is 1. The van der Waals surface area contributed by atoms with E-state index in [1.807, 2.05) is 44.2 Å². The van der Waals surface area contributed by atoms with Crippen LogP contribution in [0.3, 0.4) is 0 Å². The highest BCUT2D eigenvalue weighted by Gasteiger charge is 2.12. The van der Waals surface area contributed by atoms with Gasteiger partial charge in [-0.3, -0.25) is 4.79 Å². The summed E-state index contributed by atoms with van der Waals surface area (Å²) in [6.45, 7) is 10.2. The van der Waals surface area contributed by atoms with Crippen molar-refractivity contribution in [2.75, 3.05) is 40.3 Å². The van der Waals surface area contributed by atoms with Crippen molar-refractivity contribution in [1.29, 1.82) is 0 Å². The summed E-state index contributed by atoms with van der Waals surface area (Å²) in [4.78, 5) is 14.5. The van der Waals surface area contributed by atoms with Crippen molar-refractivity contribution < 1.29 is 4.79 Å². The summed E-state index contributed by atoms with van der Waals surface area (Å²) < 4.78 is 1.27. The first-order valence-corrected chi connectivity index (χ1v) is 11.7. The van der Waals surface area contributed by atoms with Crippen LogP contribution in [0.15, 0.2) is 52.7 Å². The lowest BCUT2D eigenvalue weighted by Crippen LogP contribution is -2.21. The van der Waals surface area contributed by atoms with Crippen LogP contribution in [0.25, 0.3) is 0 Å². The summed E-state index contributed by atoms with van der Waals surface area (Å²) in [6, 6.07) is 13.9. The highest BCUT2D eigenvalue weighted by molar-refractivity contribution is 7.99. The summed E-state index contributed by atoms with van der Waals surface area (Å²) in [7, 11) is 0. The van der Waals surface area contributed by atoms with Crippen molar-refractivity contribution in [3.8, 4) is 0 Å². The fourth-order valence-electron chi connectivity index (χ4n) is 3.12. The molecular weight excluding hydrogens is 436 g/mol. The molecule has 3 rings (SSSR count). The van der Waals surface area contributed by atoms with Crippen molar-refractivity contribution in [3.05, 3.63) is 59.2 Å². The second-order valence-corrected chi connectivity index (χ2v) is 8.39. The number of nitrogens with two attached hydrogens (primary N) is 1. The first kappa shape index (κ1) is 24.1. The van der Waals surface area contributed by atoms with E-state index in [2.05, 4.69) is 56.9 Å². The topological polar surface area (TPSA) is 113 Å². The molecule has 0 aliphatic rings. The number of nitrogens with zero attached hydrogens (tertiary/aromatic N) is 5. The number of benzene rings is 2. The molecule has 0 saturated heterocycles. The SMILES string of the molecule is CCN(CC)c1ccc(/C=N/Nc2nnc(SCC(=O)Nc3ccc(C)c(C)c3)n2N)cc1. The van der Waals surface area contributed by atoms with Gasteiger partial charge in [0.15, 0.2) is 0 Å². The van der Waals surface area contributed by atoms with Gasteiger partial charge in [-0.15, -0.1) is 10.2 Å². The maximum atomic E-state index is 12.3. The number of carbonyl (C=O) groups is 1. The molecule has 0 fully saturated rings. The number of anilines is 3. The standard InChI is InChI=1S/C23H30N8OS/c1-5-30(6-2)20-11-8-18(9-12-20)14-25-27-22-28-29-23(31(22)24)33-15-21(32)26-19-10-7-16(3)17(4)13-19/h7-14H,5-6,15,24H2,1-4H3,(H,26,32)(H,27,28)/b25-14+. The average molecular weight is 467 g/mol. The molecule has 0 saturated carbocycles. The van der Waals surface area contributed by atoms with Crippen LogP contribution in [0.4, 0.5) is 17.3 Å². The molecule has 0 aliphatic carbocycles. The van der Waals surface area contributed by atoms with Crippen molar-refractivity contribution >= 4 is 41.2 Å². The Morgan fingerprint density at radius 3 is 2.52 bits per heavy atom. The highest BCUT2D eigenvalue weighted by atomic mass is 32.2. The third-order valence-electron chi connectivity index (χ3n) is 5.19. The minimum atomic E-state index is -0.146. The molecule has 33 heavy (non-hydrogen) atoms. The van der Waals surface area contributed by atoms with Crippen LogP contribution in [0.5, 0.6) is 0 Å².